The first-order valence-electron chi connectivity index (χ1n) is 7.17. The molecule has 0 bridgehead atoms. The van der Waals surface area contributed by atoms with Gasteiger partial charge in [-0.1, -0.05) is 11.6 Å². The Kier molecular flexibility index (Phi) is 5.03. The minimum Gasteiger partial charge on any atom is -0.495 e. The Morgan fingerprint density at radius 1 is 1.24 bits per heavy atom. The average Bonchev–Trinajstić information content (AvgIpc) is 3.14. The highest BCUT2D eigenvalue weighted by molar-refractivity contribution is 7.89. The van der Waals surface area contributed by atoms with Crippen molar-refractivity contribution in [1.29, 1.82) is 0 Å². The van der Waals surface area contributed by atoms with Gasteiger partial charge in [0.15, 0.2) is 0 Å². The normalized spacial score (nSPS) is 11.4. The molecule has 9 heteroatoms. The van der Waals surface area contributed by atoms with Crippen molar-refractivity contribution in [2.45, 2.75) is 11.4 Å². The van der Waals surface area contributed by atoms with Gasteiger partial charge < -0.3 is 9.15 Å². The van der Waals surface area contributed by atoms with Crippen LogP contribution >= 0.6 is 11.6 Å². The molecule has 0 atom stereocenters. The number of ether oxygens (including phenoxy) is 1. The van der Waals surface area contributed by atoms with Gasteiger partial charge >= 0.3 is 0 Å². The molecule has 0 aliphatic rings. The van der Waals surface area contributed by atoms with Crippen molar-refractivity contribution in [3.63, 3.8) is 0 Å². The van der Waals surface area contributed by atoms with Crippen molar-refractivity contribution in [3.8, 4) is 17.0 Å². The van der Waals surface area contributed by atoms with Gasteiger partial charge in [0, 0.05) is 18.0 Å². The minimum absolute atomic E-state index is 0.0274. The van der Waals surface area contributed by atoms with Crippen LogP contribution in [0, 0.1) is 0 Å². The summed E-state index contributed by atoms with van der Waals surface area (Å²) < 4.78 is 37.5. The van der Waals surface area contributed by atoms with Crippen molar-refractivity contribution in [1.82, 2.24) is 14.7 Å². The third-order valence-electron chi connectivity index (χ3n) is 3.43. The van der Waals surface area contributed by atoms with Crippen LogP contribution in [0.15, 0.2) is 58.5 Å². The summed E-state index contributed by atoms with van der Waals surface area (Å²) >= 11 is 6.00. The van der Waals surface area contributed by atoms with E-state index in [4.69, 9.17) is 20.8 Å². The maximum absolute atomic E-state index is 12.5. The third kappa shape index (κ3) is 3.81. The van der Waals surface area contributed by atoms with E-state index in [1.807, 2.05) is 0 Å². The predicted molar refractivity (Wildman–Crippen MR) is 91.8 cm³/mol. The number of nitrogens with zero attached hydrogens (tertiary/aromatic N) is 2. The van der Waals surface area contributed by atoms with Gasteiger partial charge in [0.05, 0.1) is 47.5 Å². The maximum atomic E-state index is 12.5. The largest absolute Gasteiger partial charge is 0.495 e. The molecular formula is C16H14ClN3O4S. The zero-order valence-electron chi connectivity index (χ0n) is 13.1. The number of aromatic nitrogens is 2. The van der Waals surface area contributed by atoms with E-state index >= 15 is 0 Å². The number of methoxy groups -OCH3 is 1. The Balaban J connectivity index is 1.83. The molecule has 0 fully saturated rings. The molecule has 0 saturated carbocycles. The molecule has 3 rings (SSSR count). The van der Waals surface area contributed by atoms with E-state index in [9.17, 15) is 8.42 Å². The number of nitrogens with one attached hydrogen (secondary N) is 1. The van der Waals surface area contributed by atoms with Crippen molar-refractivity contribution in [2.75, 3.05) is 7.11 Å². The van der Waals surface area contributed by atoms with Crippen molar-refractivity contribution in [3.05, 3.63) is 59.9 Å². The van der Waals surface area contributed by atoms with E-state index in [2.05, 4.69) is 14.7 Å². The van der Waals surface area contributed by atoms with Crippen LogP contribution in [0.5, 0.6) is 5.75 Å². The molecular weight excluding hydrogens is 366 g/mol. The van der Waals surface area contributed by atoms with Crippen LogP contribution in [-0.4, -0.2) is 25.5 Å². The molecule has 130 valence electrons. The first kappa shape index (κ1) is 17.4. The van der Waals surface area contributed by atoms with Gasteiger partial charge in [0.1, 0.15) is 5.75 Å². The maximum Gasteiger partial charge on any atom is 0.240 e. The van der Waals surface area contributed by atoms with Gasteiger partial charge in [-0.2, -0.15) is 0 Å². The standard InChI is InChI=1S/C16H14ClN3O4S/c1-23-15-3-2-12(8-13(15)17)25(21,22)20-9-14-16(19-6-5-18-14)11-4-7-24-10-11/h2-8,10,20H,9H2,1H3. The SMILES string of the molecule is COc1ccc(S(=O)(=O)NCc2nccnc2-c2ccoc2)cc1Cl. The number of hydrogen-bond donors (Lipinski definition) is 1. The first-order chi connectivity index (χ1) is 12.0. The fourth-order valence-electron chi connectivity index (χ4n) is 2.20. The fraction of sp³-hybridized carbons (Fsp3) is 0.125. The molecule has 7 nitrogen and oxygen atoms in total. The highest BCUT2D eigenvalue weighted by Gasteiger charge is 2.18. The molecule has 0 aliphatic carbocycles. The number of hydrogen-bond acceptors (Lipinski definition) is 6. The van der Waals surface area contributed by atoms with Crippen LogP contribution in [-0.2, 0) is 16.6 Å². The van der Waals surface area contributed by atoms with Crippen LogP contribution in [0.1, 0.15) is 5.69 Å². The van der Waals surface area contributed by atoms with Crippen LogP contribution in [0.25, 0.3) is 11.3 Å². The number of halogens is 1. The molecule has 0 radical (unpaired) electrons. The van der Waals surface area contributed by atoms with Crippen LogP contribution < -0.4 is 9.46 Å². The summed E-state index contributed by atoms with van der Waals surface area (Å²) in [5.41, 5.74) is 1.74. The van der Waals surface area contributed by atoms with E-state index < -0.39 is 10.0 Å². The number of rotatable bonds is 6. The summed E-state index contributed by atoms with van der Waals surface area (Å²) in [6, 6.07) is 5.97. The molecule has 0 spiro atoms. The molecule has 1 N–H and O–H groups in total. The zero-order chi connectivity index (χ0) is 17.9. The Bertz CT molecular complexity index is 975. The van der Waals surface area contributed by atoms with Gasteiger partial charge in [-0.3, -0.25) is 9.97 Å². The van der Waals surface area contributed by atoms with Crippen LogP contribution in [0.4, 0.5) is 0 Å². The summed E-state index contributed by atoms with van der Waals surface area (Å²) in [7, 11) is -2.32. The lowest BCUT2D eigenvalue weighted by atomic mass is 10.2. The second-order valence-electron chi connectivity index (χ2n) is 4.98. The summed E-state index contributed by atoms with van der Waals surface area (Å²) in [6.45, 7) is -0.0274. The predicted octanol–water partition coefficient (Wildman–Crippen LogP) is 2.88. The summed E-state index contributed by atoms with van der Waals surface area (Å²) in [6.07, 6.45) is 6.06. The smallest absolute Gasteiger partial charge is 0.240 e. The van der Waals surface area contributed by atoms with E-state index in [-0.39, 0.29) is 16.5 Å². The fourth-order valence-corrected chi connectivity index (χ4v) is 3.53. The highest BCUT2D eigenvalue weighted by Crippen LogP contribution is 2.27. The minimum atomic E-state index is -3.77. The van der Waals surface area contributed by atoms with Crippen molar-refractivity contribution < 1.29 is 17.6 Å². The lowest BCUT2D eigenvalue weighted by molar-refractivity contribution is 0.414. The molecule has 2 aromatic heterocycles. The van der Waals surface area contributed by atoms with E-state index in [1.54, 1.807) is 6.07 Å². The number of furan rings is 1. The molecule has 2 heterocycles. The lowest BCUT2D eigenvalue weighted by Gasteiger charge is -2.10. The monoisotopic (exact) mass is 379 g/mol. The Morgan fingerprint density at radius 2 is 2.04 bits per heavy atom. The van der Waals surface area contributed by atoms with Crippen molar-refractivity contribution >= 4 is 21.6 Å². The molecule has 25 heavy (non-hydrogen) atoms. The van der Waals surface area contributed by atoms with Crippen LogP contribution in [0.3, 0.4) is 0 Å². The Hall–Kier alpha value is -2.42. The van der Waals surface area contributed by atoms with Gasteiger partial charge in [0.2, 0.25) is 10.0 Å². The summed E-state index contributed by atoms with van der Waals surface area (Å²) in [5.74, 6) is 0.400. The van der Waals surface area contributed by atoms with Crippen LogP contribution in [0.2, 0.25) is 5.02 Å². The molecule has 0 saturated heterocycles. The summed E-state index contributed by atoms with van der Waals surface area (Å²) in [5, 5.41) is 0.212. The highest BCUT2D eigenvalue weighted by atomic mass is 35.5. The van der Waals surface area contributed by atoms with E-state index in [0.717, 1.165) is 5.56 Å². The molecule has 1 aromatic carbocycles. The zero-order valence-corrected chi connectivity index (χ0v) is 14.7. The topological polar surface area (TPSA) is 94.3 Å². The Labute approximate surface area is 149 Å². The average molecular weight is 380 g/mol. The molecule has 0 aliphatic heterocycles. The van der Waals surface area contributed by atoms with E-state index in [0.29, 0.717) is 17.1 Å². The summed E-state index contributed by atoms with van der Waals surface area (Å²) in [4.78, 5) is 8.47. The van der Waals surface area contributed by atoms with Gasteiger partial charge in [-0.05, 0) is 24.3 Å². The number of sulfonamides is 1. The second kappa shape index (κ2) is 7.22. The molecule has 3 aromatic rings. The molecule has 0 amide bonds. The third-order valence-corrected chi connectivity index (χ3v) is 5.13. The van der Waals surface area contributed by atoms with Crippen molar-refractivity contribution in [2.24, 2.45) is 0 Å². The molecule has 0 unspecified atom stereocenters. The van der Waals surface area contributed by atoms with Gasteiger partial charge in [-0.25, -0.2) is 13.1 Å². The van der Waals surface area contributed by atoms with Gasteiger partial charge in [-0.15, -0.1) is 0 Å². The first-order valence-corrected chi connectivity index (χ1v) is 9.03. The number of benzene rings is 1. The Morgan fingerprint density at radius 3 is 2.72 bits per heavy atom. The quantitative estimate of drug-likeness (QED) is 0.707. The lowest BCUT2D eigenvalue weighted by Crippen LogP contribution is -2.24. The van der Waals surface area contributed by atoms with Gasteiger partial charge in [0.25, 0.3) is 0 Å². The second-order valence-corrected chi connectivity index (χ2v) is 7.16. The van der Waals surface area contributed by atoms with E-state index in [1.165, 1.54) is 50.2 Å².